The number of carbonyl (C=O) groups is 1. The summed E-state index contributed by atoms with van der Waals surface area (Å²) in [4.78, 5) is 21.5. The molecule has 0 fully saturated rings. The summed E-state index contributed by atoms with van der Waals surface area (Å²) in [5.41, 5.74) is 9.25. The van der Waals surface area contributed by atoms with Crippen molar-refractivity contribution in [1.82, 2.24) is 9.97 Å². The second-order valence-corrected chi connectivity index (χ2v) is 12.6. The van der Waals surface area contributed by atoms with Crippen molar-refractivity contribution in [1.29, 1.82) is 0 Å². The average Bonchev–Trinajstić information content (AvgIpc) is 3.12. The number of carbonyl (C=O) groups excluding carboxylic acids is 1. The average molecular weight is 712 g/mol. The van der Waals surface area contributed by atoms with Gasteiger partial charge in [0.15, 0.2) is 5.75 Å². The molecule has 0 aliphatic carbocycles. The molecule has 0 bridgehead atoms. The Kier molecular flexibility index (Phi) is 11.7. The maximum Gasteiger partial charge on any atom is 0.418 e. The molecule has 0 saturated carbocycles. The topological polar surface area (TPSA) is 102 Å². The van der Waals surface area contributed by atoms with Gasteiger partial charge in [0.1, 0.15) is 5.56 Å². The van der Waals surface area contributed by atoms with Gasteiger partial charge in [0.25, 0.3) is 5.91 Å². The lowest BCUT2D eigenvalue weighted by molar-refractivity contribution is -0.138. The number of aryl methyl sites for hydroxylation is 1. The Morgan fingerprint density at radius 3 is 2.35 bits per heavy atom. The van der Waals surface area contributed by atoms with Crippen LogP contribution >= 0.6 is 0 Å². The van der Waals surface area contributed by atoms with Crippen molar-refractivity contribution in [2.75, 3.05) is 17.2 Å². The molecule has 2 aromatic heterocycles. The zero-order valence-corrected chi connectivity index (χ0v) is 29.4. The van der Waals surface area contributed by atoms with Crippen molar-refractivity contribution in [3.05, 3.63) is 131 Å². The molecule has 11 heteroatoms. The highest BCUT2D eigenvalue weighted by molar-refractivity contribution is 6.07. The van der Waals surface area contributed by atoms with Crippen molar-refractivity contribution in [3.63, 3.8) is 0 Å². The fraction of sp³-hybridized carbons (Fsp3) is 0.244. The van der Waals surface area contributed by atoms with Crippen LogP contribution in [0.1, 0.15) is 71.4 Å². The number of nitrogens with one attached hydrogen (secondary N) is 2. The first-order valence-corrected chi connectivity index (χ1v) is 17.0. The zero-order chi connectivity index (χ0) is 37.5. The SMILES string of the molecule is CCC(N)(CC)CCNc1cccc(C=Cc2ccccc2)c1-c1cccc(NC(=O)c2c(Oc3ccc(F)nc3C)ncc(C(F)(F)F)c2C)c1. The maximum absolute atomic E-state index is 14.0. The molecule has 3 aromatic carbocycles. The fourth-order valence-electron chi connectivity index (χ4n) is 5.86. The predicted octanol–water partition coefficient (Wildman–Crippen LogP) is 10.5. The molecule has 0 aliphatic rings. The minimum Gasteiger partial charge on any atom is -0.436 e. The van der Waals surface area contributed by atoms with Crippen molar-refractivity contribution in [2.45, 2.75) is 58.7 Å². The Bertz CT molecular complexity index is 2060. The number of rotatable bonds is 13. The highest BCUT2D eigenvalue weighted by Gasteiger charge is 2.36. The summed E-state index contributed by atoms with van der Waals surface area (Å²) in [5.74, 6) is -1.98. The maximum atomic E-state index is 14.0. The lowest BCUT2D eigenvalue weighted by atomic mass is 9.90. The van der Waals surface area contributed by atoms with E-state index in [-0.39, 0.29) is 28.4 Å². The number of benzene rings is 3. The predicted molar refractivity (Wildman–Crippen MR) is 199 cm³/mol. The van der Waals surface area contributed by atoms with Crippen LogP contribution in [0.3, 0.4) is 0 Å². The number of hydrogen-bond donors (Lipinski definition) is 3. The quantitative estimate of drug-likeness (QED) is 0.0638. The highest BCUT2D eigenvalue weighted by atomic mass is 19.4. The van der Waals surface area contributed by atoms with Crippen LogP contribution in [0.5, 0.6) is 11.6 Å². The molecule has 0 saturated heterocycles. The Morgan fingerprint density at radius 2 is 1.65 bits per heavy atom. The van der Waals surface area contributed by atoms with Gasteiger partial charge in [-0.25, -0.2) is 9.97 Å². The van der Waals surface area contributed by atoms with Crippen LogP contribution in [-0.2, 0) is 6.18 Å². The van der Waals surface area contributed by atoms with Crippen molar-refractivity contribution >= 4 is 29.4 Å². The first-order chi connectivity index (χ1) is 24.8. The molecule has 0 spiro atoms. The molecule has 7 nitrogen and oxygen atoms in total. The summed E-state index contributed by atoms with van der Waals surface area (Å²) in [6.07, 6.45) is 2.29. The Morgan fingerprint density at radius 1 is 0.923 bits per heavy atom. The van der Waals surface area contributed by atoms with Crippen LogP contribution in [0, 0.1) is 19.8 Å². The fourth-order valence-corrected chi connectivity index (χ4v) is 5.86. The van der Waals surface area contributed by atoms with Gasteiger partial charge in [-0.1, -0.05) is 80.6 Å². The Balaban J connectivity index is 1.53. The summed E-state index contributed by atoms with van der Waals surface area (Å²) in [6.45, 7) is 7.43. The molecule has 0 unspecified atom stereocenters. The van der Waals surface area contributed by atoms with Gasteiger partial charge in [0, 0.05) is 35.2 Å². The molecule has 0 radical (unpaired) electrons. The number of hydrogen-bond acceptors (Lipinski definition) is 6. The van der Waals surface area contributed by atoms with Crippen molar-refractivity contribution < 1.29 is 27.1 Å². The third kappa shape index (κ3) is 9.02. The van der Waals surface area contributed by atoms with E-state index < -0.39 is 29.2 Å². The molecule has 52 heavy (non-hydrogen) atoms. The van der Waals surface area contributed by atoms with Gasteiger partial charge >= 0.3 is 6.18 Å². The summed E-state index contributed by atoms with van der Waals surface area (Å²) < 4.78 is 61.4. The summed E-state index contributed by atoms with van der Waals surface area (Å²) >= 11 is 0. The van der Waals surface area contributed by atoms with Crippen LogP contribution in [0.4, 0.5) is 28.9 Å². The van der Waals surface area contributed by atoms with Crippen LogP contribution in [-0.4, -0.2) is 28.0 Å². The number of aromatic nitrogens is 2. The molecule has 5 rings (SSSR count). The normalized spacial score (nSPS) is 11.9. The molecule has 2 heterocycles. The number of nitrogens with two attached hydrogens (primary N) is 1. The van der Waals surface area contributed by atoms with Crippen LogP contribution in [0.2, 0.25) is 0 Å². The van der Waals surface area contributed by atoms with Gasteiger partial charge in [0.2, 0.25) is 11.8 Å². The Hall–Kier alpha value is -5.55. The van der Waals surface area contributed by atoms with E-state index in [9.17, 15) is 22.4 Å². The molecule has 4 N–H and O–H groups in total. The van der Waals surface area contributed by atoms with E-state index in [4.69, 9.17) is 10.5 Å². The molecule has 5 aromatic rings. The van der Waals surface area contributed by atoms with Gasteiger partial charge in [-0.2, -0.15) is 17.6 Å². The van der Waals surface area contributed by atoms with Gasteiger partial charge in [-0.3, -0.25) is 4.79 Å². The molecular weight excluding hydrogens is 670 g/mol. The Labute approximate surface area is 301 Å². The van der Waals surface area contributed by atoms with E-state index in [2.05, 4.69) is 34.4 Å². The van der Waals surface area contributed by atoms with E-state index in [1.165, 1.54) is 19.9 Å². The summed E-state index contributed by atoms with van der Waals surface area (Å²) in [7, 11) is 0. The van der Waals surface area contributed by atoms with Crippen LogP contribution in [0.15, 0.2) is 91.1 Å². The molecule has 270 valence electrons. The number of alkyl halides is 3. The third-order valence-electron chi connectivity index (χ3n) is 9.15. The lowest BCUT2D eigenvalue weighted by Gasteiger charge is -2.27. The summed E-state index contributed by atoms with van der Waals surface area (Å²) in [5, 5.41) is 6.32. The smallest absolute Gasteiger partial charge is 0.418 e. The minimum absolute atomic E-state index is 0.0362. The minimum atomic E-state index is -4.78. The monoisotopic (exact) mass is 711 g/mol. The first-order valence-electron chi connectivity index (χ1n) is 17.0. The van der Waals surface area contributed by atoms with Gasteiger partial charge < -0.3 is 21.1 Å². The number of ether oxygens (including phenoxy) is 1. The van der Waals surface area contributed by atoms with Crippen LogP contribution in [0.25, 0.3) is 23.3 Å². The number of pyridine rings is 2. The van der Waals surface area contributed by atoms with Crippen molar-refractivity contribution in [2.24, 2.45) is 5.73 Å². The lowest BCUT2D eigenvalue weighted by Crippen LogP contribution is -2.40. The first kappa shape index (κ1) is 37.7. The number of anilines is 2. The molecule has 1 amide bonds. The third-order valence-corrected chi connectivity index (χ3v) is 9.15. The molecular formula is C41H41F4N5O2. The summed E-state index contributed by atoms with van der Waals surface area (Å²) in [6, 6.07) is 25.2. The second-order valence-electron chi connectivity index (χ2n) is 12.6. The highest BCUT2D eigenvalue weighted by Crippen LogP contribution is 2.38. The van der Waals surface area contributed by atoms with Gasteiger partial charge in [-0.15, -0.1) is 0 Å². The van der Waals surface area contributed by atoms with Crippen LogP contribution < -0.4 is 21.1 Å². The van der Waals surface area contributed by atoms with Gasteiger partial charge in [0.05, 0.1) is 11.3 Å². The second kappa shape index (κ2) is 16.2. The zero-order valence-electron chi connectivity index (χ0n) is 29.4. The van der Waals surface area contributed by atoms with E-state index in [1.807, 2.05) is 66.7 Å². The molecule has 0 aliphatic heterocycles. The number of nitrogens with zero attached hydrogens (tertiary/aromatic N) is 2. The van der Waals surface area contributed by atoms with Crippen molar-refractivity contribution in [3.8, 4) is 22.8 Å². The van der Waals surface area contributed by atoms with E-state index >= 15 is 0 Å². The van der Waals surface area contributed by atoms with Gasteiger partial charge in [-0.05, 0) is 85.7 Å². The standard InChI is InChI=1S/C41H41F4N5O2/c1-5-40(46,6-2)22-23-47-33-17-11-14-29(19-18-28-12-8-7-9-13-28)37(33)30-15-10-16-31(24-30)50-38(51)36-26(3)32(41(43,44)45)25-48-39(36)52-34-20-21-35(42)49-27(34)4/h7-21,24-25,47H,5-6,22-23,46H2,1-4H3,(H,50,51). The van der Waals surface area contributed by atoms with E-state index in [0.29, 0.717) is 18.4 Å². The molecule has 0 atom stereocenters. The largest absolute Gasteiger partial charge is 0.436 e. The number of halogens is 4. The van der Waals surface area contributed by atoms with E-state index in [0.717, 1.165) is 53.3 Å². The van der Waals surface area contributed by atoms with E-state index in [1.54, 1.807) is 18.2 Å². The number of amides is 1.